The number of aromatic nitrogens is 1. The number of nitrogens with zero attached hydrogens (tertiary/aromatic N) is 1. The molecule has 2 rings (SSSR count). The normalized spacial score (nSPS) is 12.0. The Kier molecular flexibility index (Phi) is 7.85. The average Bonchev–Trinajstić information content (AvgIpc) is 2.53. The first kappa shape index (κ1) is 21.7. The molecule has 5 nitrogen and oxygen atoms in total. The third kappa shape index (κ3) is 6.89. The number of hydrogen-bond donors (Lipinski definition) is 2. The van der Waals surface area contributed by atoms with E-state index in [4.69, 9.17) is 10.5 Å². The second kappa shape index (κ2) is 9.40. The number of anilines is 1. The number of carbonyl (C=O) groups is 1. The van der Waals surface area contributed by atoms with Crippen molar-refractivity contribution in [3.05, 3.63) is 42.7 Å². The maximum atomic E-state index is 12.4. The predicted molar refractivity (Wildman–Crippen MR) is 95.4 cm³/mol. The Bertz CT molecular complexity index is 725. The van der Waals surface area contributed by atoms with Crippen LogP contribution in [-0.2, 0) is 4.79 Å². The Hall–Kier alpha value is -2.32. The van der Waals surface area contributed by atoms with Crippen molar-refractivity contribution in [2.75, 3.05) is 11.9 Å². The Labute approximate surface area is 155 Å². The van der Waals surface area contributed by atoms with Gasteiger partial charge in [-0.25, -0.2) is 0 Å². The fraction of sp³-hybridized carbons (Fsp3) is 0.294. The van der Waals surface area contributed by atoms with Gasteiger partial charge in [-0.15, -0.1) is 12.4 Å². The van der Waals surface area contributed by atoms with E-state index in [1.54, 1.807) is 43.6 Å². The largest absolute Gasteiger partial charge is 0.482 e. The molecule has 0 radical (unpaired) electrons. The molecule has 1 aromatic heterocycles. The number of nitrogens with two attached hydrogens (primary N) is 1. The molecule has 3 N–H and O–H groups in total. The molecule has 0 saturated carbocycles. The van der Waals surface area contributed by atoms with Crippen LogP contribution < -0.4 is 15.8 Å². The Morgan fingerprint density at radius 3 is 2.46 bits per heavy atom. The molecule has 1 amide bonds. The molecule has 0 spiro atoms. The van der Waals surface area contributed by atoms with Gasteiger partial charge >= 0.3 is 6.18 Å². The molecular weight excluding hydrogens is 371 g/mol. The summed E-state index contributed by atoms with van der Waals surface area (Å²) in [5, 5.41) is 2.56. The van der Waals surface area contributed by atoms with Crippen LogP contribution in [0.4, 0.5) is 18.9 Å². The summed E-state index contributed by atoms with van der Waals surface area (Å²) in [5.74, 6) is -0.466. The van der Waals surface area contributed by atoms with E-state index >= 15 is 0 Å². The Balaban J connectivity index is 0.00000338. The summed E-state index contributed by atoms with van der Waals surface area (Å²) in [5.41, 5.74) is 7.24. The summed E-state index contributed by atoms with van der Waals surface area (Å²) in [6.07, 6.45) is -1.25. The molecule has 0 aliphatic rings. The van der Waals surface area contributed by atoms with E-state index in [0.717, 1.165) is 5.56 Å². The first-order valence-electron chi connectivity index (χ1n) is 7.54. The van der Waals surface area contributed by atoms with E-state index in [9.17, 15) is 18.0 Å². The van der Waals surface area contributed by atoms with E-state index in [2.05, 4.69) is 10.3 Å². The van der Waals surface area contributed by atoms with Gasteiger partial charge < -0.3 is 15.8 Å². The molecule has 1 heterocycles. The van der Waals surface area contributed by atoms with Crippen molar-refractivity contribution in [1.82, 2.24) is 4.98 Å². The number of alkyl halides is 3. The van der Waals surface area contributed by atoms with Gasteiger partial charge in [-0.1, -0.05) is 6.07 Å². The number of rotatable bonds is 6. The zero-order valence-electron chi connectivity index (χ0n) is 13.9. The summed E-state index contributed by atoms with van der Waals surface area (Å²) >= 11 is 0. The van der Waals surface area contributed by atoms with Crippen LogP contribution in [0.3, 0.4) is 0 Å². The lowest BCUT2D eigenvalue weighted by Crippen LogP contribution is -2.24. The van der Waals surface area contributed by atoms with Gasteiger partial charge in [0.05, 0.1) is 5.69 Å². The molecule has 0 aliphatic carbocycles. The first-order valence-corrected chi connectivity index (χ1v) is 7.54. The molecule has 26 heavy (non-hydrogen) atoms. The van der Waals surface area contributed by atoms with E-state index in [0.29, 0.717) is 5.56 Å². The minimum Gasteiger partial charge on any atom is -0.482 e. The van der Waals surface area contributed by atoms with Crippen LogP contribution in [-0.4, -0.2) is 29.7 Å². The molecule has 1 unspecified atom stereocenters. The minimum atomic E-state index is -4.48. The molecule has 2 aromatic rings. The monoisotopic (exact) mass is 389 g/mol. The number of amides is 1. The number of hydrogen-bond acceptors (Lipinski definition) is 4. The molecule has 0 saturated heterocycles. The standard InChI is InChI=1S/C17H18F3N3O2.ClH/c1-11(21)8-16(24)23-14-9-13(12-4-6-22-7-5-12)2-3-15(14)25-10-17(18,19)20;/h2-7,9,11H,8,10,21H2,1H3,(H,23,24);1H. The van der Waals surface area contributed by atoms with Gasteiger partial charge in [0.2, 0.25) is 5.91 Å². The molecule has 0 aliphatic heterocycles. The van der Waals surface area contributed by atoms with Crippen LogP contribution >= 0.6 is 12.4 Å². The van der Waals surface area contributed by atoms with Crippen LogP contribution in [0.15, 0.2) is 42.7 Å². The van der Waals surface area contributed by atoms with Crippen molar-refractivity contribution in [3.8, 4) is 16.9 Å². The summed E-state index contributed by atoms with van der Waals surface area (Å²) < 4.78 is 42.1. The van der Waals surface area contributed by atoms with Gasteiger partial charge in [-0.05, 0) is 42.3 Å². The lowest BCUT2D eigenvalue weighted by molar-refractivity contribution is -0.153. The zero-order valence-corrected chi connectivity index (χ0v) is 14.7. The number of nitrogens with one attached hydrogen (secondary N) is 1. The summed E-state index contributed by atoms with van der Waals surface area (Å²) in [6.45, 7) is 0.214. The molecule has 1 atom stereocenters. The van der Waals surface area contributed by atoms with Crippen LogP contribution in [0.1, 0.15) is 13.3 Å². The van der Waals surface area contributed by atoms with Gasteiger partial charge in [0.1, 0.15) is 5.75 Å². The van der Waals surface area contributed by atoms with E-state index < -0.39 is 18.7 Å². The van der Waals surface area contributed by atoms with Crippen LogP contribution in [0, 0.1) is 0 Å². The number of ether oxygens (including phenoxy) is 1. The van der Waals surface area contributed by atoms with Gasteiger partial charge in [-0.2, -0.15) is 13.2 Å². The molecule has 1 aromatic carbocycles. The van der Waals surface area contributed by atoms with Crippen molar-refractivity contribution >= 4 is 24.0 Å². The Morgan fingerprint density at radius 1 is 1.23 bits per heavy atom. The fourth-order valence-electron chi connectivity index (χ4n) is 2.13. The molecule has 142 valence electrons. The third-order valence-electron chi connectivity index (χ3n) is 3.17. The number of carbonyl (C=O) groups excluding carboxylic acids is 1. The van der Waals surface area contributed by atoms with E-state index in [-0.39, 0.29) is 36.3 Å². The first-order chi connectivity index (χ1) is 11.7. The smallest absolute Gasteiger partial charge is 0.422 e. The fourth-order valence-corrected chi connectivity index (χ4v) is 2.13. The van der Waals surface area contributed by atoms with Crippen molar-refractivity contribution in [3.63, 3.8) is 0 Å². The third-order valence-corrected chi connectivity index (χ3v) is 3.17. The SMILES string of the molecule is CC(N)CC(=O)Nc1cc(-c2ccncc2)ccc1OCC(F)(F)F.Cl. The number of benzene rings is 1. The highest BCUT2D eigenvalue weighted by Crippen LogP contribution is 2.32. The topological polar surface area (TPSA) is 77.2 Å². The summed E-state index contributed by atoms with van der Waals surface area (Å²) in [6, 6.07) is 7.69. The molecule has 0 bridgehead atoms. The van der Waals surface area contributed by atoms with Gasteiger partial charge in [0, 0.05) is 24.9 Å². The summed E-state index contributed by atoms with van der Waals surface area (Å²) in [7, 11) is 0. The number of pyridine rings is 1. The second-order valence-electron chi connectivity index (χ2n) is 5.58. The van der Waals surface area contributed by atoms with Gasteiger partial charge in [-0.3, -0.25) is 9.78 Å². The maximum Gasteiger partial charge on any atom is 0.422 e. The predicted octanol–water partition coefficient (Wildman–Crippen LogP) is 3.79. The highest BCUT2D eigenvalue weighted by molar-refractivity contribution is 5.93. The van der Waals surface area contributed by atoms with Crippen molar-refractivity contribution in [1.29, 1.82) is 0 Å². The molecule has 0 fully saturated rings. The zero-order chi connectivity index (χ0) is 18.4. The highest BCUT2D eigenvalue weighted by Gasteiger charge is 2.29. The van der Waals surface area contributed by atoms with Gasteiger partial charge in [0.25, 0.3) is 0 Å². The summed E-state index contributed by atoms with van der Waals surface area (Å²) in [4.78, 5) is 15.9. The maximum absolute atomic E-state index is 12.4. The lowest BCUT2D eigenvalue weighted by atomic mass is 10.1. The van der Waals surface area contributed by atoms with Crippen molar-refractivity contribution in [2.45, 2.75) is 25.6 Å². The average molecular weight is 390 g/mol. The van der Waals surface area contributed by atoms with Crippen LogP contribution in [0.5, 0.6) is 5.75 Å². The number of halogens is 4. The van der Waals surface area contributed by atoms with E-state index in [1.165, 1.54) is 6.07 Å². The second-order valence-corrected chi connectivity index (χ2v) is 5.58. The van der Waals surface area contributed by atoms with Crippen molar-refractivity contribution < 1.29 is 22.7 Å². The lowest BCUT2D eigenvalue weighted by Gasteiger charge is -2.16. The molecular formula is C17H19ClF3N3O2. The van der Waals surface area contributed by atoms with Crippen LogP contribution in [0.25, 0.3) is 11.1 Å². The van der Waals surface area contributed by atoms with Gasteiger partial charge in [0.15, 0.2) is 6.61 Å². The quantitative estimate of drug-likeness (QED) is 0.788. The highest BCUT2D eigenvalue weighted by atomic mass is 35.5. The van der Waals surface area contributed by atoms with Crippen molar-refractivity contribution in [2.24, 2.45) is 5.73 Å². The van der Waals surface area contributed by atoms with Crippen LogP contribution in [0.2, 0.25) is 0 Å². The van der Waals surface area contributed by atoms with E-state index in [1.807, 2.05) is 0 Å². The Morgan fingerprint density at radius 2 is 1.88 bits per heavy atom. The minimum absolute atomic E-state index is 0. The molecule has 9 heteroatoms.